The van der Waals surface area contributed by atoms with Crippen LogP contribution in [0, 0.1) is 23.2 Å². The summed E-state index contributed by atoms with van der Waals surface area (Å²) in [6.07, 6.45) is 1.66. The van der Waals surface area contributed by atoms with Crippen molar-refractivity contribution in [2.75, 3.05) is 6.61 Å². The third-order valence-corrected chi connectivity index (χ3v) is 7.31. The SMILES string of the molecule is CCCCC(C)(C(/C=C/C1C(C)CC2OC(O)CC21)OC1CCCCO1)C(F)(F)F. The first kappa shape index (κ1) is 24.0. The van der Waals surface area contributed by atoms with Crippen molar-refractivity contribution in [3.05, 3.63) is 12.2 Å². The second-order valence-corrected chi connectivity index (χ2v) is 9.58. The molecule has 1 N–H and O–H groups in total. The summed E-state index contributed by atoms with van der Waals surface area (Å²) in [5, 5.41) is 9.83. The number of hydrogen-bond acceptors (Lipinski definition) is 4. The van der Waals surface area contributed by atoms with Gasteiger partial charge in [0.15, 0.2) is 12.6 Å². The fourth-order valence-electron chi connectivity index (χ4n) is 5.26. The van der Waals surface area contributed by atoms with Crippen molar-refractivity contribution in [3.63, 3.8) is 0 Å². The Labute approximate surface area is 178 Å². The Hall–Kier alpha value is -0.630. The molecule has 0 aromatic heterocycles. The number of allylic oxidation sites excluding steroid dienone is 1. The van der Waals surface area contributed by atoms with Crippen molar-refractivity contribution < 1.29 is 32.5 Å². The molecule has 2 aliphatic heterocycles. The molecule has 3 aliphatic rings. The van der Waals surface area contributed by atoms with E-state index in [1.807, 2.05) is 13.0 Å². The van der Waals surface area contributed by atoms with Gasteiger partial charge in [-0.05, 0) is 56.8 Å². The lowest BCUT2D eigenvalue weighted by atomic mass is 9.77. The van der Waals surface area contributed by atoms with Crippen molar-refractivity contribution in [3.8, 4) is 0 Å². The molecule has 4 nitrogen and oxygen atoms in total. The molecule has 8 atom stereocenters. The Morgan fingerprint density at radius 2 is 2.00 bits per heavy atom. The number of halogens is 3. The maximum Gasteiger partial charge on any atom is 0.397 e. The third kappa shape index (κ3) is 5.22. The van der Waals surface area contributed by atoms with Crippen LogP contribution in [-0.2, 0) is 14.2 Å². The van der Waals surface area contributed by atoms with E-state index in [0.717, 1.165) is 19.3 Å². The zero-order valence-corrected chi connectivity index (χ0v) is 18.4. The number of hydrogen-bond donors (Lipinski definition) is 1. The van der Waals surface area contributed by atoms with Crippen LogP contribution in [0.15, 0.2) is 12.2 Å². The summed E-state index contributed by atoms with van der Waals surface area (Å²) in [6, 6.07) is 0. The second-order valence-electron chi connectivity index (χ2n) is 9.58. The zero-order chi connectivity index (χ0) is 21.9. The molecule has 1 saturated carbocycles. The number of alkyl halides is 3. The summed E-state index contributed by atoms with van der Waals surface area (Å²) in [6.45, 7) is 5.81. The summed E-state index contributed by atoms with van der Waals surface area (Å²) < 4.78 is 60.0. The first-order valence-corrected chi connectivity index (χ1v) is 11.5. The molecule has 30 heavy (non-hydrogen) atoms. The summed E-state index contributed by atoms with van der Waals surface area (Å²) in [5.74, 6) is 0.517. The van der Waals surface area contributed by atoms with E-state index in [0.29, 0.717) is 38.2 Å². The fourth-order valence-corrected chi connectivity index (χ4v) is 5.26. The van der Waals surface area contributed by atoms with Gasteiger partial charge in [-0.2, -0.15) is 13.2 Å². The van der Waals surface area contributed by atoms with Crippen LogP contribution in [0.25, 0.3) is 0 Å². The second kappa shape index (κ2) is 9.88. The van der Waals surface area contributed by atoms with Gasteiger partial charge in [-0.1, -0.05) is 38.8 Å². The number of aliphatic hydroxyl groups excluding tert-OH is 1. The van der Waals surface area contributed by atoms with Gasteiger partial charge in [0.05, 0.1) is 17.6 Å². The van der Waals surface area contributed by atoms with Crippen molar-refractivity contribution >= 4 is 0 Å². The number of aliphatic hydroxyl groups is 1. The largest absolute Gasteiger partial charge is 0.397 e. The minimum Gasteiger partial charge on any atom is -0.368 e. The van der Waals surface area contributed by atoms with Crippen LogP contribution in [0.1, 0.15) is 72.1 Å². The maximum absolute atomic E-state index is 14.3. The van der Waals surface area contributed by atoms with E-state index in [1.54, 1.807) is 6.08 Å². The van der Waals surface area contributed by atoms with Crippen molar-refractivity contribution in [2.45, 2.75) is 103 Å². The summed E-state index contributed by atoms with van der Waals surface area (Å²) in [4.78, 5) is 0. The van der Waals surface area contributed by atoms with E-state index in [1.165, 1.54) is 6.92 Å². The smallest absolute Gasteiger partial charge is 0.368 e. The van der Waals surface area contributed by atoms with Crippen molar-refractivity contribution in [2.24, 2.45) is 23.2 Å². The highest BCUT2D eigenvalue weighted by atomic mass is 19.4. The van der Waals surface area contributed by atoms with E-state index < -0.39 is 30.3 Å². The molecule has 3 rings (SSSR count). The molecule has 0 radical (unpaired) electrons. The first-order valence-electron chi connectivity index (χ1n) is 11.5. The molecular formula is C23H37F3O4. The van der Waals surface area contributed by atoms with Gasteiger partial charge in [0.25, 0.3) is 0 Å². The molecule has 0 bridgehead atoms. The van der Waals surface area contributed by atoms with Crippen molar-refractivity contribution in [1.82, 2.24) is 0 Å². The number of unbranched alkanes of at least 4 members (excludes halogenated alkanes) is 1. The van der Waals surface area contributed by atoms with Crippen molar-refractivity contribution in [1.29, 1.82) is 0 Å². The van der Waals surface area contributed by atoms with Crippen LogP contribution in [0.4, 0.5) is 13.2 Å². The summed E-state index contributed by atoms with van der Waals surface area (Å²) in [7, 11) is 0. The number of rotatable bonds is 8. The highest BCUT2D eigenvalue weighted by Gasteiger charge is 2.56. The molecule has 0 aromatic rings. The van der Waals surface area contributed by atoms with E-state index >= 15 is 0 Å². The quantitative estimate of drug-likeness (QED) is 0.506. The molecule has 0 spiro atoms. The van der Waals surface area contributed by atoms with Gasteiger partial charge in [0, 0.05) is 13.0 Å². The Kier molecular flexibility index (Phi) is 7.91. The molecule has 7 heteroatoms. The Morgan fingerprint density at radius 3 is 2.63 bits per heavy atom. The van der Waals surface area contributed by atoms with Crippen LogP contribution in [0.2, 0.25) is 0 Å². The lowest BCUT2D eigenvalue weighted by Crippen LogP contribution is -2.47. The molecule has 2 saturated heterocycles. The maximum atomic E-state index is 14.3. The van der Waals surface area contributed by atoms with E-state index in [2.05, 4.69) is 6.92 Å². The molecule has 2 heterocycles. The minimum absolute atomic E-state index is 0.0141. The van der Waals surface area contributed by atoms with Gasteiger partial charge >= 0.3 is 6.18 Å². The van der Waals surface area contributed by atoms with E-state index in [-0.39, 0.29) is 24.4 Å². The third-order valence-electron chi connectivity index (χ3n) is 7.31. The van der Waals surface area contributed by atoms with Gasteiger partial charge in [-0.15, -0.1) is 0 Å². The fraction of sp³-hybridized carbons (Fsp3) is 0.913. The lowest BCUT2D eigenvalue weighted by molar-refractivity contribution is -0.279. The van der Waals surface area contributed by atoms with Crippen LogP contribution in [-0.4, -0.2) is 42.7 Å². The predicted octanol–water partition coefficient (Wildman–Crippen LogP) is 5.59. The average molecular weight is 435 g/mol. The van der Waals surface area contributed by atoms with Crippen LogP contribution in [0.5, 0.6) is 0 Å². The molecule has 8 unspecified atom stereocenters. The minimum atomic E-state index is -4.39. The van der Waals surface area contributed by atoms with Crippen LogP contribution >= 0.6 is 0 Å². The molecule has 0 amide bonds. The average Bonchev–Trinajstić information content (AvgIpc) is 3.17. The monoisotopic (exact) mass is 434 g/mol. The Bertz CT molecular complexity index is 575. The standard InChI is InChI=1S/C23H37F3O4/c1-4-5-11-22(3,23(24,25)26)19(30-21-8-6-7-12-28-21)10-9-16-15(2)13-18-17(16)14-20(27)29-18/h9-10,15-21,27H,4-8,11-14H2,1-3H3/b10-9+. The van der Waals surface area contributed by atoms with Gasteiger partial charge in [-0.3, -0.25) is 0 Å². The van der Waals surface area contributed by atoms with Crippen LogP contribution in [0.3, 0.4) is 0 Å². The molecule has 3 fully saturated rings. The van der Waals surface area contributed by atoms with Gasteiger partial charge in [0.1, 0.15) is 0 Å². The highest BCUT2D eigenvalue weighted by Crippen LogP contribution is 2.49. The Balaban J connectivity index is 1.83. The molecular weight excluding hydrogens is 397 g/mol. The molecule has 0 aromatic carbocycles. The Morgan fingerprint density at radius 1 is 1.23 bits per heavy atom. The van der Waals surface area contributed by atoms with E-state index in [9.17, 15) is 18.3 Å². The predicted molar refractivity (Wildman–Crippen MR) is 108 cm³/mol. The highest BCUT2D eigenvalue weighted by molar-refractivity contribution is 5.09. The van der Waals surface area contributed by atoms with Gasteiger partial charge in [-0.25, -0.2) is 0 Å². The van der Waals surface area contributed by atoms with Gasteiger partial charge < -0.3 is 19.3 Å². The normalized spacial score (nSPS) is 38.0. The summed E-state index contributed by atoms with van der Waals surface area (Å²) >= 11 is 0. The van der Waals surface area contributed by atoms with Gasteiger partial charge in [0.2, 0.25) is 0 Å². The topological polar surface area (TPSA) is 47.9 Å². The van der Waals surface area contributed by atoms with Crippen LogP contribution < -0.4 is 0 Å². The first-order chi connectivity index (χ1) is 14.2. The molecule has 1 aliphatic carbocycles. The summed E-state index contributed by atoms with van der Waals surface area (Å²) in [5.41, 5.74) is -1.98. The van der Waals surface area contributed by atoms with E-state index in [4.69, 9.17) is 14.2 Å². The zero-order valence-electron chi connectivity index (χ0n) is 18.4. The number of ether oxygens (including phenoxy) is 3. The lowest BCUT2D eigenvalue weighted by Gasteiger charge is -2.40. The number of fused-ring (bicyclic) bond motifs is 1. The molecule has 174 valence electrons.